The molecule has 50 valence electrons. The Bertz CT molecular complexity index is 211. The number of thiazole rings is 1. The van der Waals surface area contributed by atoms with Gasteiger partial charge < -0.3 is 0 Å². The van der Waals surface area contributed by atoms with Gasteiger partial charge in [-0.15, -0.1) is 0 Å². The van der Waals surface area contributed by atoms with Crippen molar-refractivity contribution in [3.63, 3.8) is 0 Å². The van der Waals surface area contributed by atoms with Gasteiger partial charge in [0.2, 0.25) is 0 Å². The van der Waals surface area contributed by atoms with E-state index in [0.29, 0.717) is 0 Å². The van der Waals surface area contributed by atoms with Gasteiger partial charge in [-0.2, -0.15) is 0 Å². The van der Waals surface area contributed by atoms with Crippen LogP contribution in [0.3, 0.4) is 0 Å². The molecule has 9 heavy (non-hydrogen) atoms. The number of nitrogens with zero attached hydrogens (tertiary/aromatic N) is 1. The standard InChI is InChI=1S/C5H5BrClNS/c1-2-3-4(7)9-5(6)8-3/h2H2,1H3. The van der Waals surface area contributed by atoms with E-state index in [2.05, 4.69) is 20.9 Å². The van der Waals surface area contributed by atoms with Crippen LogP contribution in [-0.2, 0) is 6.42 Å². The predicted molar refractivity (Wildman–Crippen MR) is 44.2 cm³/mol. The van der Waals surface area contributed by atoms with Crippen LogP contribution in [0.2, 0.25) is 4.34 Å². The predicted octanol–water partition coefficient (Wildman–Crippen LogP) is 3.12. The molecular formula is C5H5BrClNS. The Kier molecular flexibility index (Phi) is 2.50. The monoisotopic (exact) mass is 225 g/mol. The van der Waals surface area contributed by atoms with Crippen LogP contribution in [0, 0.1) is 0 Å². The third kappa shape index (κ3) is 1.66. The van der Waals surface area contributed by atoms with Gasteiger partial charge in [-0.25, -0.2) is 4.98 Å². The number of hydrogen-bond acceptors (Lipinski definition) is 2. The molecule has 0 aromatic carbocycles. The molecule has 0 fully saturated rings. The molecule has 0 spiro atoms. The number of hydrogen-bond donors (Lipinski definition) is 0. The summed E-state index contributed by atoms with van der Waals surface area (Å²) in [6.07, 6.45) is 0.904. The molecule has 1 aromatic heterocycles. The molecular weight excluding hydrogens is 221 g/mol. The maximum atomic E-state index is 5.77. The number of rotatable bonds is 1. The highest BCUT2D eigenvalue weighted by Gasteiger charge is 2.03. The Hall–Kier alpha value is 0.400. The Balaban J connectivity index is 3.01. The lowest BCUT2D eigenvalue weighted by molar-refractivity contribution is 1.06. The smallest absolute Gasteiger partial charge is 0.160 e. The number of halogens is 2. The summed E-state index contributed by atoms with van der Waals surface area (Å²) >= 11 is 10.5. The van der Waals surface area contributed by atoms with Gasteiger partial charge in [0.15, 0.2) is 3.92 Å². The lowest BCUT2D eigenvalue weighted by Gasteiger charge is -1.83. The first-order valence-electron chi connectivity index (χ1n) is 2.54. The van der Waals surface area contributed by atoms with Crippen molar-refractivity contribution in [2.45, 2.75) is 13.3 Å². The molecule has 1 nitrogen and oxygen atoms in total. The summed E-state index contributed by atoms with van der Waals surface area (Å²) in [6, 6.07) is 0. The van der Waals surface area contributed by atoms with Gasteiger partial charge in [-0.05, 0) is 22.4 Å². The molecule has 0 aliphatic carbocycles. The molecule has 0 aliphatic heterocycles. The summed E-state index contributed by atoms with van der Waals surface area (Å²) in [6.45, 7) is 2.04. The molecule has 0 bridgehead atoms. The van der Waals surface area contributed by atoms with Gasteiger partial charge in [0.1, 0.15) is 4.34 Å². The topological polar surface area (TPSA) is 12.9 Å². The molecule has 0 saturated carbocycles. The van der Waals surface area contributed by atoms with E-state index < -0.39 is 0 Å². The lowest BCUT2D eigenvalue weighted by atomic mass is 10.4. The summed E-state index contributed by atoms with van der Waals surface area (Å²) in [7, 11) is 0. The molecule has 0 atom stereocenters. The average molecular weight is 227 g/mol. The van der Waals surface area contributed by atoms with Crippen LogP contribution in [0.5, 0.6) is 0 Å². The summed E-state index contributed by atoms with van der Waals surface area (Å²) < 4.78 is 1.66. The number of aryl methyl sites for hydroxylation is 1. The maximum Gasteiger partial charge on any atom is 0.160 e. The Morgan fingerprint density at radius 1 is 1.78 bits per heavy atom. The highest BCUT2D eigenvalue weighted by atomic mass is 79.9. The molecule has 0 aliphatic rings. The van der Waals surface area contributed by atoms with E-state index >= 15 is 0 Å². The van der Waals surface area contributed by atoms with Crippen LogP contribution in [0.4, 0.5) is 0 Å². The fourth-order valence-corrected chi connectivity index (χ4v) is 2.51. The molecule has 0 radical (unpaired) electrons. The second-order valence-corrected chi connectivity index (χ2v) is 4.42. The van der Waals surface area contributed by atoms with Crippen molar-refractivity contribution in [2.24, 2.45) is 0 Å². The zero-order chi connectivity index (χ0) is 6.85. The highest BCUT2D eigenvalue weighted by Crippen LogP contribution is 2.27. The lowest BCUT2D eigenvalue weighted by Crippen LogP contribution is -1.77. The largest absolute Gasteiger partial charge is 0.233 e. The quantitative estimate of drug-likeness (QED) is 0.717. The maximum absolute atomic E-state index is 5.77. The van der Waals surface area contributed by atoms with Gasteiger partial charge in [-0.1, -0.05) is 29.9 Å². The van der Waals surface area contributed by atoms with E-state index in [9.17, 15) is 0 Å². The van der Waals surface area contributed by atoms with Crippen LogP contribution in [0.1, 0.15) is 12.6 Å². The van der Waals surface area contributed by atoms with Gasteiger partial charge in [-0.3, -0.25) is 0 Å². The average Bonchev–Trinajstić information content (AvgIpc) is 2.10. The molecule has 0 N–H and O–H groups in total. The first-order chi connectivity index (χ1) is 4.24. The van der Waals surface area contributed by atoms with E-state index in [0.717, 1.165) is 20.4 Å². The van der Waals surface area contributed by atoms with Crippen LogP contribution in [0.25, 0.3) is 0 Å². The Morgan fingerprint density at radius 3 is 2.67 bits per heavy atom. The zero-order valence-corrected chi connectivity index (χ0v) is 7.98. The van der Waals surface area contributed by atoms with Crippen molar-refractivity contribution in [3.8, 4) is 0 Å². The van der Waals surface area contributed by atoms with Crippen molar-refractivity contribution < 1.29 is 0 Å². The van der Waals surface area contributed by atoms with Gasteiger partial charge in [0.25, 0.3) is 0 Å². The first kappa shape index (κ1) is 7.51. The zero-order valence-electron chi connectivity index (χ0n) is 4.82. The van der Waals surface area contributed by atoms with Crippen LogP contribution >= 0.6 is 38.9 Å². The van der Waals surface area contributed by atoms with Crippen molar-refractivity contribution in [1.82, 2.24) is 4.98 Å². The first-order valence-corrected chi connectivity index (χ1v) is 4.53. The molecule has 0 saturated heterocycles. The Labute approximate surface area is 71.2 Å². The summed E-state index contributed by atoms with van der Waals surface area (Å²) in [5.41, 5.74) is 0.980. The third-order valence-corrected chi connectivity index (χ3v) is 2.75. The van der Waals surface area contributed by atoms with E-state index in [-0.39, 0.29) is 0 Å². The minimum atomic E-state index is 0.796. The van der Waals surface area contributed by atoms with Crippen LogP contribution in [0.15, 0.2) is 3.92 Å². The minimum Gasteiger partial charge on any atom is -0.233 e. The summed E-state index contributed by atoms with van der Waals surface area (Å²) in [4.78, 5) is 4.13. The van der Waals surface area contributed by atoms with E-state index in [1.54, 1.807) is 0 Å². The molecule has 1 heterocycles. The van der Waals surface area contributed by atoms with Crippen LogP contribution in [-0.4, -0.2) is 4.98 Å². The molecule has 4 heteroatoms. The van der Waals surface area contributed by atoms with Crippen molar-refractivity contribution in [3.05, 3.63) is 13.9 Å². The second-order valence-electron chi connectivity index (χ2n) is 1.54. The molecule has 0 amide bonds. The van der Waals surface area contributed by atoms with E-state index in [1.165, 1.54) is 11.3 Å². The SMILES string of the molecule is CCc1nc(Br)sc1Cl. The third-order valence-electron chi connectivity index (χ3n) is 0.958. The fourth-order valence-electron chi connectivity index (χ4n) is 0.524. The van der Waals surface area contributed by atoms with Gasteiger partial charge >= 0.3 is 0 Å². The minimum absolute atomic E-state index is 0.796. The van der Waals surface area contributed by atoms with Gasteiger partial charge in [0.05, 0.1) is 5.69 Å². The van der Waals surface area contributed by atoms with Gasteiger partial charge in [0, 0.05) is 0 Å². The van der Waals surface area contributed by atoms with Crippen molar-refractivity contribution >= 4 is 38.9 Å². The summed E-state index contributed by atoms with van der Waals surface area (Å²) in [5, 5.41) is 0. The number of aromatic nitrogens is 1. The second kappa shape index (κ2) is 2.99. The highest BCUT2D eigenvalue weighted by molar-refractivity contribution is 9.11. The van der Waals surface area contributed by atoms with E-state index in [1.807, 2.05) is 6.92 Å². The fraction of sp³-hybridized carbons (Fsp3) is 0.400. The van der Waals surface area contributed by atoms with Crippen LogP contribution < -0.4 is 0 Å². The van der Waals surface area contributed by atoms with Crippen molar-refractivity contribution in [2.75, 3.05) is 0 Å². The Morgan fingerprint density at radius 2 is 2.44 bits per heavy atom. The molecule has 1 rings (SSSR count). The molecule has 0 unspecified atom stereocenters. The molecule has 1 aromatic rings. The van der Waals surface area contributed by atoms with Crippen molar-refractivity contribution in [1.29, 1.82) is 0 Å². The summed E-state index contributed by atoms with van der Waals surface area (Å²) in [5.74, 6) is 0. The van der Waals surface area contributed by atoms with E-state index in [4.69, 9.17) is 11.6 Å². The normalized spacial score (nSPS) is 10.1.